The molecule has 0 aliphatic heterocycles. The first-order chi connectivity index (χ1) is 8.78. The number of primary amides is 1. The Bertz CT molecular complexity index is 454. The summed E-state index contributed by atoms with van der Waals surface area (Å²) < 4.78 is 9.75. The van der Waals surface area contributed by atoms with Gasteiger partial charge in [0.2, 0.25) is 5.91 Å². The molecule has 0 unspecified atom stereocenters. The van der Waals surface area contributed by atoms with Gasteiger partial charge >= 0.3 is 6.09 Å². The van der Waals surface area contributed by atoms with Crippen molar-refractivity contribution in [3.63, 3.8) is 0 Å². The Balaban J connectivity index is 2.29. The molecule has 0 aliphatic carbocycles. The zero-order valence-electron chi connectivity index (χ0n) is 11.4. The monoisotopic (exact) mass is 269 g/mol. The van der Waals surface area contributed by atoms with E-state index in [1.54, 1.807) is 26.8 Å². The van der Waals surface area contributed by atoms with E-state index in [2.05, 4.69) is 10.5 Å². The van der Waals surface area contributed by atoms with E-state index >= 15 is 0 Å². The smallest absolute Gasteiger partial charge is 0.405 e. The number of rotatable bonds is 6. The van der Waals surface area contributed by atoms with Gasteiger partial charge in [-0.05, 0) is 33.6 Å². The summed E-state index contributed by atoms with van der Waals surface area (Å²) in [5.74, 6) is 0.865. The normalized spacial score (nSPS) is 11.1. The molecule has 0 radical (unpaired) electrons. The van der Waals surface area contributed by atoms with Crippen molar-refractivity contribution < 1.29 is 18.8 Å². The molecule has 0 aromatic carbocycles. The maximum absolute atomic E-state index is 11.6. The van der Waals surface area contributed by atoms with Crippen molar-refractivity contribution >= 4 is 17.8 Å². The van der Waals surface area contributed by atoms with E-state index in [0.717, 1.165) is 0 Å². The second-order valence-electron chi connectivity index (χ2n) is 4.91. The average Bonchev–Trinajstić information content (AvgIpc) is 2.61. The SMILES string of the molecule is Cc1cc(NC(=O)CCCC(C)(C)OC(N)=O)no1. The van der Waals surface area contributed by atoms with Gasteiger partial charge in [-0.3, -0.25) is 4.79 Å². The minimum Gasteiger partial charge on any atom is -0.444 e. The first-order valence-electron chi connectivity index (χ1n) is 6.00. The maximum Gasteiger partial charge on any atom is 0.405 e. The van der Waals surface area contributed by atoms with Gasteiger partial charge in [0.1, 0.15) is 11.4 Å². The molecular weight excluding hydrogens is 250 g/mol. The summed E-state index contributed by atoms with van der Waals surface area (Å²) in [6.45, 7) is 5.24. The van der Waals surface area contributed by atoms with Crippen LogP contribution in [0.5, 0.6) is 0 Å². The Morgan fingerprint density at radius 2 is 2.21 bits per heavy atom. The number of nitrogens with zero attached hydrogens (tertiary/aromatic N) is 1. The summed E-state index contributed by atoms with van der Waals surface area (Å²) >= 11 is 0. The van der Waals surface area contributed by atoms with Crippen LogP contribution >= 0.6 is 0 Å². The lowest BCUT2D eigenvalue weighted by Crippen LogP contribution is -2.31. The van der Waals surface area contributed by atoms with Crippen molar-refractivity contribution in [2.45, 2.75) is 45.6 Å². The van der Waals surface area contributed by atoms with E-state index in [4.69, 9.17) is 15.0 Å². The molecule has 0 aliphatic rings. The molecule has 2 amide bonds. The van der Waals surface area contributed by atoms with Crippen LogP contribution in [-0.2, 0) is 9.53 Å². The highest BCUT2D eigenvalue weighted by Gasteiger charge is 2.21. The maximum atomic E-state index is 11.6. The molecule has 19 heavy (non-hydrogen) atoms. The number of aryl methyl sites for hydroxylation is 1. The summed E-state index contributed by atoms with van der Waals surface area (Å²) in [4.78, 5) is 22.3. The topological polar surface area (TPSA) is 107 Å². The van der Waals surface area contributed by atoms with E-state index in [-0.39, 0.29) is 5.91 Å². The fraction of sp³-hybridized carbons (Fsp3) is 0.583. The molecule has 106 valence electrons. The van der Waals surface area contributed by atoms with Gasteiger partial charge in [0.05, 0.1) is 0 Å². The van der Waals surface area contributed by atoms with Crippen LogP contribution in [0.4, 0.5) is 10.6 Å². The average molecular weight is 269 g/mol. The van der Waals surface area contributed by atoms with Crippen LogP contribution in [0.2, 0.25) is 0 Å². The minimum absolute atomic E-state index is 0.164. The third-order valence-corrected chi connectivity index (χ3v) is 2.46. The Morgan fingerprint density at radius 1 is 1.53 bits per heavy atom. The Morgan fingerprint density at radius 3 is 2.74 bits per heavy atom. The summed E-state index contributed by atoms with van der Waals surface area (Å²) in [6, 6.07) is 1.64. The van der Waals surface area contributed by atoms with Crippen LogP contribution in [0.1, 0.15) is 38.9 Å². The van der Waals surface area contributed by atoms with Gasteiger partial charge in [0, 0.05) is 12.5 Å². The number of hydrogen-bond acceptors (Lipinski definition) is 5. The highest BCUT2D eigenvalue weighted by atomic mass is 16.6. The van der Waals surface area contributed by atoms with Gasteiger partial charge in [0.15, 0.2) is 5.82 Å². The third-order valence-electron chi connectivity index (χ3n) is 2.46. The van der Waals surface area contributed by atoms with Crippen LogP contribution in [-0.4, -0.2) is 22.8 Å². The molecule has 0 saturated heterocycles. The van der Waals surface area contributed by atoms with Crippen molar-refractivity contribution in [2.24, 2.45) is 5.73 Å². The zero-order valence-corrected chi connectivity index (χ0v) is 11.4. The van der Waals surface area contributed by atoms with Gasteiger partial charge in [-0.1, -0.05) is 5.16 Å². The number of amides is 2. The van der Waals surface area contributed by atoms with Gasteiger partial charge < -0.3 is 20.3 Å². The number of hydrogen-bond donors (Lipinski definition) is 2. The summed E-state index contributed by atoms with van der Waals surface area (Å²) in [7, 11) is 0. The number of ether oxygens (including phenoxy) is 1. The fourth-order valence-electron chi connectivity index (χ4n) is 1.63. The number of aromatic nitrogens is 1. The summed E-state index contributed by atoms with van der Waals surface area (Å²) in [5, 5.41) is 6.27. The first-order valence-corrected chi connectivity index (χ1v) is 6.00. The van der Waals surface area contributed by atoms with Gasteiger partial charge in [-0.25, -0.2) is 4.79 Å². The number of anilines is 1. The standard InChI is InChI=1S/C12H19N3O4/c1-8-7-9(15-19-8)14-10(16)5-4-6-12(2,3)18-11(13)17/h7H,4-6H2,1-3H3,(H2,13,17)(H,14,15,16). The summed E-state index contributed by atoms with van der Waals surface area (Å²) in [5.41, 5.74) is 4.29. The number of nitrogens with one attached hydrogen (secondary N) is 1. The second-order valence-corrected chi connectivity index (χ2v) is 4.91. The molecule has 0 saturated carbocycles. The third kappa shape index (κ3) is 5.89. The Kier molecular flexibility index (Phi) is 4.91. The van der Waals surface area contributed by atoms with Crippen LogP contribution in [0.15, 0.2) is 10.6 Å². The molecule has 1 aromatic rings. The fourth-order valence-corrected chi connectivity index (χ4v) is 1.63. The highest BCUT2D eigenvalue weighted by Crippen LogP contribution is 2.18. The van der Waals surface area contributed by atoms with Crippen molar-refractivity contribution in [1.82, 2.24) is 5.16 Å². The van der Waals surface area contributed by atoms with Crippen molar-refractivity contribution in [3.05, 3.63) is 11.8 Å². The van der Waals surface area contributed by atoms with Gasteiger partial charge in [0.25, 0.3) is 0 Å². The van der Waals surface area contributed by atoms with E-state index in [1.165, 1.54) is 0 Å². The summed E-state index contributed by atoms with van der Waals surface area (Å²) in [6.07, 6.45) is 0.606. The molecule has 3 N–H and O–H groups in total. The lowest BCUT2D eigenvalue weighted by atomic mass is 10.0. The van der Waals surface area contributed by atoms with E-state index in [0.29, 0.717) is 30.8 Å². The lowest BCUT2D eigenvalue weighted by Gasteiger charge is -2.23. The van der Waals surface area contributed by atoms with Crippen LogP contribution in [0.25, 0.3) is 0 Å². The predicted molar refractivity (Wildman–Crippen MR) is 68.5 cm³/mol. The van der Waals surface area contributed by atoms with Gasteiger partial charge in [-0.15, -0.1) is 0 Å². The molecule has 1 aromatic heterocycles. The molecule has 1 heterocycles. The molecule has 7 heteroatoms. The molecule has 0 atom stereocenters. The lowest BCUT2D eigenvalue weighted by molar-refractivity contribution is -0.116. The Hall–Kier alpha value is -2.05. The second kappa shape index (κ2) is 6.21. The number of carbonyl (C=O) groups is 2. The highest BCUT2D eigenvalue weighted by molar-refractivity contribution is 5.89. The predicted octanol–water partition coefficient (Wildman–Crippen LogP) is 1.97. The minimum atomic E-state index is -0.812. The molecular formula is C12H19N3O4. The molecule has 0 fully saturated rings. The van der Waals surface area contributed by atoms with Crippen LogP contribution in [0, 0.1) is 6.92 Å². The Labute approximate surface area is 111 Å². The van der Waals surface area contributed by atoms with Gasteiger partial charge in [-0.2, -0.15) is 0 Å². The number of nitrogens with two attached hydrogens (primary N) is 1. The van der Waals surface area contributed by atoms with E-state index in [9.17, 15) is 9.59 Å². The molecule has 0 bridgehead atoms. The molecule has 1 rings (SSSR count). The number of carbonyl (C=O) groups excluding carboxylic acids is 2. The van der Waals surface area contributed by atoms with Crippen LogP contribution in [0.3, 0.4) is 0 Å². The van der Waals surface area contributed by atoms with Crippen molar-refractivity contribution in [3.8, 4) is 0 Å². The quantitative estimate of drug-likeness (QED) is 0.820. The van der Waals surface area contributed by atoms with E-state index in [1.807, 2.05) is 0 Å². The van der Waals surface area contributed by atoms with E-state index < -0.39 is 11.7 Å². The van der Waals surface area contributed by atoms with Crippen molar-refractivity contribution in [1.29, 1.82) is 0 Å². The molecule has 0 spiro atoms. The van der Waals surface area contributed by atoms with Crippen molar-refractivity contribution in [2.75, 3.05) is 5.32 Å². The largest absolute Gasteiger partial charge is 0.444 e. The zero-order chi connectivity index (χ0) is 14.5. The molecule has 7 nitrogen and oxygen atoms in total. The van der Waals surface area contributed by atoms with Crippen LogP contribution < -0.4 is 11.1 Å². The first kappa shape index (κ1) is 15.0.